The van der Waals surface area contributed by atoms with Crippen molar-refractivity contribution in [1.82, 2.24) is 0 Å². The number of fused-ring (bicyclic) bond motifs is 1. The summed E-state index contributed by atoms with van der Waals surface area (Å²) in [6.07, 6.45) is 2.42. The second kappa shape index (κ2) is 8.56. The Morgan fingerprint density at radius 2 is 1.96 bits per heavy atom. The number of hydrogen-bond donors (Lipinski definition) is 1. The maximum atomic E-state index is 11.2. The van der Waals surface area contributed by atoms with E-state index in [1.54, 1.807) is 19.3 Å². The second-order valence-corrected chi connectivity index (χ2v) is 6.09. The Hall–Kier alpha value is -3.05. The van der Waals surface area contributed by atoms with Crippen LogP contribution in [0.15, 0.2) is 71.9 Å². The molecule has 3 aromatic rings. The van der Waals surface area contributed by atoms with Crippen molar-refractivity contribution >= 4 is 16.7 Å². The lowest BCUT2D eigenvalue weighted by molar-refractivity contribution is -0.149. The second-order valence-electron chi connectivity index (χ2n) is 6.09. The summed E-state index contributed by atoms with van der Waals surface area (Å²) in [4.78, 5) is 11.2. The van der Waals surface area contributed by atoms with Gasteiger partial charge in [-0.15, -0.1) is 0 Å². The first-order valence-corrected chi connectivity index (χ1v) is 8.81. The Balaban J connectivity index is 1.73. The van der Waals surface area contributed by atoms with Crippen LogP contribution in [0.5, 0.6) is 5.75 Å². The first-order chi connectivity index (χ1) is 13.1. The average Bonchev–Trinajstić information content (AvgIpc) is 3.11. The van der Waals surface area contributed by atoms with Gasteiger partial charge in [-0.3, -0.25) is 0 Å². The quantitative estimate of drug-likeness (QED) is 0.552. The van der Waals surface area contributed by atoms with E-state index in [9.17, 15) is 9.90 Å². The predicted octanol–water partition coefficient (Wildman–Crippen LogP) is 4.77. The van der Waals surface area contributed by atoms with E-state index >= 15 is 0 Å². The maximum absolute atomic E-state index is 11.2. The van der Waals surface area contributed by atoms with Crippen LogP contribution >= 0.6 is 0 Å². The molecule has 0 radical (unpaired) electrons. The van der Waals surface area contributed by atoms with E-state index in [-0.39, 0.29) is 0 Å². The van der Waals surface area contributed by atoms with Gasteiger partial charge in [0.25, 0.3) is 0 Å². The Bertz CT molecular complexity index is 910. The number of ether oxygens (including phenoxy) is 2. The SMILES string of the molecule is C=CC(Oc1ccc(CC(OCC)C(=O)O)cc1)c1occ2ccccc12. The Morgan fingerprint density at radius 1 is 1.22 bits per heavy atom. The summed E-state index contributed by atoms with van der Waals surface area (Å²) in [5.74, 6) is 0.382. The molecular formula is C22H22O5. The molecule has 3 rings (SSSR count). The molecule has 0 fully saturated rings. The van der Waals surface area contributed by atoms with Gasteiger partial charge in [-0.1, -0.05) is 43.0 Å². The molecule has 0 aliphatic carbocycles. The third kappa shape index (κ3) is 4.38. The normalized spacial score (nSPS) is 13.2. The highest BCUT2D eigenvalue weighted by Gasteiger charge is 2.19. The topological polar surface area (TPSA) is 68.9 Å². The standard InChI is InChI=1S/C22H22O5/c1-3-19(21-18-8-6-5-7-16(18)14-26-21)27-17-11-9-15(10-12-17)13-20(22(23)24)25-4-2/h3,5-12,14,19-20H,1,4,13H2,2H3,(H,23,24). The van der Waals surface area contributed by atoms with Crippen molar-refractivity contribution in [1.29, 1.82) is 0 Å². The van der Waals surface area contributed by atoms with Gasteiger partial charge in [0.05, 0.1) is 6.26 Å². The number of furan rings is 1. The molecule has 27 heavy (non-hydrogen) atoms. The van der Waals surface area contributed by atoms with Gasteiger partial charge in [-0.25, -0.2) is 4.79 Å². The minimum absolute atomic E-state index is 0.303. The predicted molar refractivity (Wildman–Crippen MR) is 103 cm³/mol. The number of aliphatic carboxylic acids is 1. The van der Waals surface area contributed by atoms with Crippen LogP contribution in [-0.4, -0.2) is 23.8 Å². The number of carboxylic acids is 1. The molecule has 0 aliphatic heterocycles. The van der Waals surface area contributed by atoms with E-state index in [1.165, 1.54) is 0 Å². The fourth-order valence-electron chi connectivity index (χ4n) is 2.93. The van der Waals surface area contributed by atoms with Crippen molar-refractivity contribution in [2.75, 3.05) is 6.61 Å². The van der Waals surface area contributed by atoms with Gasteiger partial charge in [0, 0.05) is 23.8 Å². The average molecular weight is 366 g/mol. The van der Waals surface area contributed by atoms with Gasteiger partial charge in [0.15, 0.2) is 18.0 Å². The zero-order valence-electron chi connectivity index (χ0n) is 15.1. The first kappa shape index (κ1) is 18.7. The van der Waals surface area contributed by atoms with E-state index in [2.05, 4.69) is 6.58 Å². The Kier molecular flexibility index (Phi) is 5.94. The van der Waals surface area contributed by atoms with Gasteiger partial charge < -0.3 is 19.0 Å². The molecule has 0 bridgehead atoms. The third-order valence-electron chi connectivity index (χ3n) is 4.26. The van der Waals surface area contributed by atoms with Crippen molar-refractivity contribution in [2.24, 2.45) is 0 Å². The zero-order valence-corrected chi connectivity index (χ0v) is 15.1. The highest BCUT2D eigenvalue weighted by Crippen LogP contribution is 2.30. The van der Waals surface area contributed by atoms with Gasteiger partial charge in [-0.05, 0) is 30.7 Å². The molecule has 1 N–H and O–H groups in total. The molecule has 140 valence electrons. The van der Waals surface area contributed by atoms with Crippen LogP contribution in [0.4, 0.5) is 0 Å². The van der Waals surface area contributed by atoms with Crippen LogP contribution < -0.4 is 4.74 Å². The summed E-state index contributed by atoms with van der Waals surface area (Å²) >= 11 is 0. The van der Waals surface area contributed by atoms with Crippen molar-refractivity contribution in [3.63, 3.8) is 0 Å². The van der Waals surface area contributed by atoms with Crippen LogP contribution in [0.1, 0.15) is 24.4 Å². The molecule has 2 aromatic carbocycles. The summed E-state index contributed by atoms with van der Waals surface area (Å²) in [5.41, 5.74) is 0.863. The minimum atomic E-state index is -0.964. The summed E-state index contributed by atoms with van der Waals surface area (Å²) in [6, 6.07) is 15.2. The lowest BCUT2D eigenvalue weighted by Crippen LogP contribution is -2.26. The molecule has 0 saturated carbocycles. The Morgan fingerprint density at radius 3 is 2.63 bits per heavy atom. The van der Waals surface area contributed by atoms with Gasteiger partial charge in [0.2, 0.25) is 0 Å². The molecule has 0 spiro atoms. The first-order valence-electron chi connectivity index (χ1n) is 8.81. The number of carboxylic acid groups (broad SMARTS) is 1. The number of carbonyl (C=O) groups is 1. The summed E-state index contributed by atoms with van der Waals surface area (Å²) in [7, 11) is 0. The van der Waals surface area contributed by atoms with Crippen molar-refractivity contribution in [2.45, 2.75) is 25.6 Å². The highest BCUT2D eigenvalue weighted by atomic mass is 16.5. The van der Waals surface area contributed by atoms with E-state index in [0.717, 1.165) is 16.3 Å². The van der Waals surface area contributed by atoms with Crippen LogP contribution in [0.2, 0.25) is 0 Å². The summed E-state index contributed by atoms with van der Waals surface area (Å²) in [5, 5.41) is 11.2. The van der Waals surface area contributed by atoms with E-state index in [0.29, 0.717) is 24.5 Å². The van der Waals surface area contributed by atoms with Crippen molar-refractivity contribution in [3.8, 4) is 5.75 Å². The number of benzene rings is 2. The number of hydrogen-bond acceptors (Lipinski definition) is 4. The zero-order chi connectivity index (χ0) is 19.2. The van der Waals surface area contributed by atoms with E-state index in [4.69, 9.17) is 13.9 Å². The van der Waals surface area contributed by atoms with Crippen LogP contribution in [0.25, 0.3) is 10.8 Å². The van der Waals surface area contributed by atoms with Gasteiger partial charge >= 0.3 is 5.97 Å². The van der Waals surface area contributed by atoms with Crippen molar-refractivity contribution in [3.05, 3.63) is 78.8 Å². The van der Waals surface area contributed by atoms with Gasteiger partial charge in [0.1, 0.15) is 5.75 Å². The van der Waals surface area contributed by atoms with E-state index in [1.807, 2.05) is 48.5 Å². The number of rotatable bonds is 9. The Labute approximate surface area is 157 Å². The molecule has 0 saturated heterocycles. The molecule has 1 aromatic heterocycles. The highest BCUT2D eigenvalue weighted by molar-refractivity contribution is 5.84. The lowest BCUT2D eigenvalue weighted by Gasteiger charge is -2.15. The van der Waals surface area contributed by atoms with Crippen molar-refractivity contribution < 1.29 is 23.8 Å². The lowest BCUT2D eigenvalue weighted by atomic mass is 10.1. The van der Waals surface area contributed by atoms with Gasteiger partial charge in [-0.2, -0.15) is 0 Å². The molecule has 0 amide bonds. The molecule has 5 nitrogen and oxygen atoms in total. The monoisotopic (exact) mass is 366 g/mol. The molecular weight excluding hydrogens is 344 g/mol. The van der Waals surface area contributed by atoms with Crippen LogP contribution in [0, 0.1) is 0 Å². The largest absolute Gasteiger partial charge is 0.479 e. The van der Waals surface area contributed by atoms with Crippen LogP contribution in [-0.2, 0) is 16.0 Å². The maximum Gasteiger partial charge on any atom is 0.333 e. The summed E-state index contributed by atoms with van der Waals surface area (Å²) in [6.45, 7) is 5.99. The molecule has 5 heteroatoms. The molecule has 2 atom stereocenters. The summed E-state index contributed by atoms with van der Waals surface area (Å²) < 4.78 is 17.0. The fraction of sp³-hybridized carbons (Fsp3) is 0.227. The van der Waals surface area contributed by atoms with E-state index < -0.39 is 18.2 Å². The molecule has 2 unspecified atom stereocenters. The molecule has 0 aliphatic rings. The smallest absolute Gasteiger partial charge is 0.333 e. The fourth-order valence-corrected chi connectivity index (χ4v) is 2.93. The third-order valence-corrected chi connectivity index (χ3v) is 4.26. The van der Waals surface area contributed by atoms with Crippen LogP contribution in [0.3, 0.4) is 0 Å². The molecule has 1 heterocycles. The minimum Gasteiger partial charge on any atom is -0.479 e.